The minimum Gasteiger partial charge on any atom is -0.382 e. The molecule has 88 valence electrons. The van der Waals surface area contributed by atoms with Crippen LogP contribution in [0, 0.1) is 0 Å². The topological polar surface area (TPSA) is 24.1 Å². The van der Waals surface area contributed by atoms with Gasteiger partial charge in [-0.1, -0.05) is 23.2 Å². The van der Waals surface area contributed by atoms with Gasteiger partial charge in [-0.05, 0) is 50.6 Å². The predicted octanol–water partition coefficient (Wildman–Crippen LogP) is 3.55. The summed E-state index contributed by atoms with van der Waals surface area (Å²) in [6.45, 7) is 2.21. The molecule has 1 aliphatic rings. The van der Waals surface area contributed by atoms with Gasteiger partial charge in [-0.3, -0.25) is 0 Å². The van der Waals surface area contributed by atoms with Gasteiger partial charge in [0.15, 0.2) is 0 Å². The fourth-order valence-electron chi connectivity index (χ4n) is 1.99. The number of hydrogen-bond donors (Lipinski definition) is 2. The Morgan fingerprint density at radius 3 is 2.81 bits per heavy atom. The summed E-state index contributed by atoms with van der Waals surface area (Å²) in [6, 6.07) is 6.24. The van der Waals surface area contributed by atoms with Gasteiger partial charge in [0, 0.05) is 11.7 Å². The Balaban J connectivity index is 1.99. The molecule has 0 spiro atoms. The molecule has 2 rings (SSSR count). The van der Waals surface area contributed by atoms with Gasteiger partial charge in [0.05, 0.1) is 10.0 Å². The van der Waals surface area contributed by atoms with Crippen molar-refractivity contribution in [2.24, 2.45) is 0 Å². The molecule has 1 atom stereocenters. The minimum atomic E-state index is 0.534. The fourth-order valence-corrected chi connectivity index (χ4v) is 2.28. The summed E-state index contributed by atoms with van der Waals surface area (Å²) in [5.74, 6) is 0. The maximum atomic E-state index is 5.98. The second kappa shape index (κ2) is 5.76. The zero-order chi connectivity index (χ0) is 11.4. The van der Waals surface area contributed by atoms with E-state index >= 15 is 0 Å². The highest BCUT2D eigenvalue weighted by molar-refractivity contribution is 6.42. The number of hydrogen-bond acceptors (Lipinski definition) is 2. The second-order valence-corrected chi connectivity index (χ2v) is 4.97. The first kappa shape index (κ1) is 12.0. The van der Waals surface area contributed by atoms with E-state index in [1.54, 1.807) is 0 Å². The first-order valence-electron chi connectivity index (χ1n) is 5.68. The van der Waals surface area contributed by atoms with Crippen LogP contribution < -0.4 is 10.6 Å². The molecule has 0 bridgehead atoms. The van der Waals surface area contributed by atoms with Crippen molar-refractivity contribution in [2.45, 2.75) is 25.3 Å². The third-order valence-electron chi connectivity index (χ3n) is 2.87. The molecular weight excluding hydrogens is 243 g/mol. The highest BCUT2D eigenvalue weighted by atomic mass is 35.5. The Kier molecular flexibility index (Phi) is 4.33. The van der Waals surface area contributed by atoms with Gasteiger partial charge in [0.25, 0.3) is 0 Å². The largest absolute Gasteiger partial charge is 0.382 e. The van der Waals surface area contributed by atoms with Crippen molar-refractivity contribution in [1.82, 2.24) is 5.32 Å². The molecule has 16 heavy (non-hydrogen) atoms. The molecule has 1 heterocycles. The van der Waals surface area contributed by atoms with Crippen molar-refractivity contribution < 1.29 is 0 Å². The van der Waals surface area contributed by atoms with E-state index in [9.17, 15) is 0 Å². The number of benzene rings is 1. The molecule has 0 amide bonds. The van der Waals surface area contributed by atoms with Gasteiger partial charge in [-0.2, -0.15) is 0 Å². The van der Waals surface area contributed by atoms with Crippen LogP contribution in [0.15, 0.2) is 18.2 Å². The fraction of sp³-hybridized carbons (Fsp3) is 0.500. The molecule has 1 fully saturated rings. The van der Waals surface area contributed by atoms with Gasteiger partial charge >= 0.3 is 0 Å². The van der Waals surface area contributed by atoms with Gasteiger partial charge in [-0.15, -0.1) is 0 Å². The van der Waals surface area contributed by atoms with E-state index in [4.69, 9.17) is 23.2 Å². The number of anilines is 1. The zero-order valence-corrected chi connectivity index (χ0v) is 10.6. The van der Waals surface area contributed by atoms with Gasteiger partial charge in [0.1, 0.15) is 0 Å². The van der Waals surface area contributed by atoms with Crippen LogP contribution in [-0.2, 0) is 0 Å². The van der Waals surface area contributed by atoms with Crippen molar-refractivity contribution in [2.75, 3.05) is 18.4 Å². The standard InChI is InChI=1S/C12H16Cl2N2/c13-11-4-3-10(8-12(11)14)16-9-2-1-6-15-7-5-9/h3-4,8-9,15-16H,1-2,5-7H2. The summed E-state index contributed by atoms with van der Waals surface area (Å²) in [4.78, 5) is 0. The average molecular weight is 259 g/mol. The van der Waals surface area contributed by atoms with Crippen LogP contribution in [0.5, 0.6) is 0 Å². The third kappa shape index (κ3) is 3.27. The summed E-state index contributed by atoms with van der Waals surface area (Å²) >= 11 is 11.9. The first-order valence-corrected chi connectivity index (χ1v) is 6.43. The molecule has 1 saturated heterocycles. The predicted molar refractivity (Wildman–Crippen MR) is 70.6 cm³/mol. The molecule has 1 aromatic carbocycles. The highest BCUT2D eigenvalue weighted by Gasteiger charge is 2.11. The van der Waals surface area contributed by atoms with Crippen LogP contribution in [0.3, 0.4) is 0 Å². The molecular formula is C12H16Cl2N2. The quantitative estimate of drug-likeness (QED) is 0.848. The van der Waals surface area contributed by atoms with E-state index < -0.39 is 0 Å². The van der Waals surface area contributed by atoms with Gasteiger partial charge in [-0.25, -0.2) is 0 Å². The molecule has 2 nitrogen and oxygen atoms in total. The van der Waals surface area contributed by atoms with Gasteiger partial charge in [0.2, 0.25) is 0 Å². The summed E-state index contributed by atoms with van der Waals surface area (Å²) in [5, 5.41) is 8.12. The summed E-state index contributed by atoms with van der Waals surface area (Å²) in [6.07, 6.45) is 3.58. The molecule has 1 aromatic rings. The molecule has 0 saturated carbocycles. The Labute approximate surface area is 106 Å². The van der Waals surface area contributed by atoms with Crippen molar-refractivity contribution >= 4 is 28.9 Å². The van der Waals surface area contributed by atoms with Crippen LogP contribution in [0.25, 0.3) is 0 Å². The SMILES string of the molecule is Clc1ccc(NC2CCCNCC2)cc1Cl. The Bertz CT molecular complexity index is 347. The second-order valence-electron chi connectivity index (χ2n) is 4.15. The van der Waals surface area contributed by atoms with E-state index in [-0.39, 0.29) is 0 Å². The molecule has 4 heteroatoms. The van der Waals surface area contributed by atoms with E-state index in [0.717, 1.165) is 25.2 Å². The third-order valence-corrected chi connectivity index (χ3v) is 3.61. The van der Waals surface area contributed by atoms with Crippen molar-refractivity contribution in [3.05, 3.63) is 28.2 Å². The monoisotopic (exact) mass is 258 g/mol. The maximum absolute atomic E-state index is 5.98. The van der Waals surface area contributed by atoms with Crippen LogP contribution in [-0.4, -0.2) is 19.1 Å². The number of rotatable bonds is 2. The Morgan fingerprint density at radius 2 is 2.00 bits per heavy atom. The van der Waals surface area contributed by atoms with Crippen LogP contribution in [0.2, 0.25) is 10.0 Å². The zero-order valence-electron chi connectivity index (χ0n) is 9.10. The van der Waals surface area contributed by atoms with Crippen LogP contribution >= 0.6 is 23.2 Å². The van der Waals surface area contributed by atoms with Crippen molar-refractivity contribution in [1.29, 1.82) is 0 Å². The van der Waals surface area contributed by atoms with Gasteiger partial charge < -0.3 is 10.6 Å². The van der Waals surface area contributed by atoms with Crippen molar-refractivity contribution in [3.8, 4) is 0 Å². The Hall–Kier alpha value is -0.440. The lowest BCUT2D eigenvalue weighted by molar-refractivity contribution is 0.637. The van der Waals surface area contributed by atoms with E-state index in [1.807, 2.05) is 18.2 Å². The minimum absolute atomic E-state index is 0.534. The molecule has 0 radical (unpaired) electrons. The maximum Gasteiger partial charge on any atom is 0.0612 e. The molecule has 1 unspecified atom stereocenters. The average Bonchev–Trinajstić information content (AvgIpc) is 2.52. The summed E-state index contributed by atoms with van der Waals surface area (Å²) in [5.41, 5.74) is 1.06. The van der Waals surface area contributed by atoms with E-state index in [1.165, 1.54) is 12.8 Å². The normalized spacial score (nSPS) is 21.5. The lowest BCUT2D eigenvalue weighted by atomic mass is 10.1. The Morgan fingerprint density at radius 1 is 1.12 bits per heavy atom. The molecule has 0 aromatic heterocycles. The van der Waals surface area contributed by atoms with E-state index in [2.05, 4.69) is 10.6 Å². The highest BCUT2D eigenvalue weighted by Crippen LogP contribution is 2.26. The lowest BCUT2D eigenvalue weighted by Gasteiger charge is -2.17. The lowest BCUT2D eigenvalue weighted by Crippen LogP contribution is -2.21. The van der Waals surface area contributed by atoms with Crippen LogP contribution in [0.1, 0.15) is 19.3 Å². The number of halogens is 2. The van der Waals surface area contributed by atoms with Crippen molar-refractivity contribution in [3.63, 3.8) is 0 Å². The summed E-state index contributed by atoms with van der Waals surface area (Å²) < 4.78 is 0. The molecule has 1 aliphatic heterocycles. The van der Waals surface area contributed by atoms with E-state index in [0.29, 0.717) is 16.1 Å². The smallest absolute Gasteiger partial charge is 0.0612 e. The first-order chi connectivity index (χ1) is 7.75. The molecule has 0 aliphatic carbocycles. The van der Waals surface area contributed by atoms with Crippen LogP contribution in [0.4, 0.5) is 5.69 Å². The number of nitrogens with one attached hydrogen (secondary N) is 2. The molecule has 2 N–H and O–H groups in total. The summed E-state index contributed by atoms with van der Waals surface area (Å²) in [7, 11) is 0.